The quantitative estimate of drug-likeness (QED) is 0.688. The van der Waals surface area contributed by atoms with Gasteiger partial charge in [-0.3, -0.25) is 9.59 Å². The van der Waals surface area contributed by atoms with Crippen molar-refractivity contribution in [1.82, 2.24) is 0 Å². The van der Waals surface area contributed by atoms with Crippen LogP contribution in [-0.2, 0) is 19.1 Å². The largest absolute Gasteiger partial charge is 0.462 e. The van der Waals surface area contributed by atoms with Crippen LogP contribution >= 0.6 is 0 Å². The highest BCUT2D eigenvalue weighted by molar-refractivity contribution is 5.72. The predicted molar refractivity (Wildman–Crippen MR) is 86.6 cm³/mol. The molecule has 1 aliphatic heterocycles. The predicted octanol–water partition coefficient (Wildman–Crippen LogP) is 3.87. The number of carbonyl (C=O) groups excluding carboxylic acids is 2. The van der Waals surface area contributed by atoms with Crippen LogP contribution in [0.4, 0.5) is 0 Å². The van der Waals surface area contributed by atoms with Gasteiger partial charge in [0.2, 0.25) is 0 Å². The summed E-state index contributed by atoms with van der Waals surface area (Å²) in [4.78, 5) is 23.7. The minimum atomic E-state index is -0.386. The van der Waals surface area contributed by atoms with Crippen LogP contribution in [0.1, 0.15) is 73.1 Å². The first-order valence-electron chi connectivity index (χ1n) is 9.01. The van der Waals surface area contributed by atoms with Crippen molar-refractivity contribution < 1.29 is 19.1 Å². The van der Waals surface area contributed by atoms with Crippen molar-refractivity contribution in [2.45, 2.75) is 84.8 Å². The summed E-state index contributed by atoms with van der Waals surface area (Å²) in [6, 6.07) is 0. The lowest BCUT2D eigenvalue weighted by Crippen LogP contribution is -2.66. The molecule has 4 nitrogen and oxygen atoms in total. The summed E-state index contributed by atoms with van der Waals surface area (Å²) < 4.78 is 11.8. The van der Waals surface area contributed by atoms with E-state index in [0.717, 1.165) is 32.1 Å². The average Bonchev–Trinajstić information content (AvgIpc) is 2.79. The van der Waals surface area contributed by atoms with Crippen LogP contribution in [0.2, 0.25) is 0 Å². The van der Waals surface area contributed by atoms with Crippen molar-refractivity contribution in [3.8, 4) is 0 Å². The van der Waals surface area contributed by atoms with E-state index in [1.54, 1.807) is 0 Å². The molecule has 0 unspecified atom stereocenters. The molecule has 1 heterocycles. The minimum absolute atomic E-state index is 0.0638. The Morgan fingerprint density at radius 3 is 2.48 bits per heavy atom. The highest BCUT2D eigenvalue weighted by Crippen LogP contribution is 2.66. The molecular formula is C19H30O4. The second-order valence-electron chi connectivity index (χ2n) is 8.89. The fraction of sp³-hybridized carbons (Fsp3) is 0.895. The monoisotopic (exact) mass is 322 g/mol. The molecule has 1 spiro atoms. The zero-order valence-corrected chi connectivity index (χ0v) is 15.1. The average molecular weight is 322 g/mol. The molecule has 3 fully saturated rings. The van der Waals surface area contributed by atoms with Crippen LogP contribution in [-0.4, -0.2) is 23.6 Å². The Kier molecular flexibility index (Phi) is 3.81. The summed E-state index contributed by atoms with van der Waals surface area (Å²) in [6.45, 7) is 10.5. The normalized spacial score (nSPS) is 45.4. The molecule has 0 amide bonds. The third-order valence-corrected chi connectivity index (χ3v) is 7.08. The van der Waals surface area contributed by atoms with Gasteiger partial charge in [0.15, 0.2) is 0 Å². The summed E-state index contributed by atoms with van der Waals surface area (Å²) in [5, 5.41) is 0. The zero-order valence-electron chi connectivity index (χ0n) is 15.1. The first kappa shape index (κ1) is 16.8. The van der Waals surface area contributed by atoms with Gasteiger partial charge in [-0.2, -0.15) is 0 Å². The number of rotatable bonds is 1. The van der Waals surface area contributed by atoms with Gasteiger partial charge in [-0.1, -0.05) is 34.1 Å². The van der Waals surface area contributed by atoms with Crippen molar-refractivity contribution in [2.75, 3.05) is 0 Å². The van der Waals surface area contributed by atoms with E-state index in [2.05, 4.69) is 27.7 Å². The van der Waals surface area contributed by atoms with Crippen LogP contribution in [0.3, 0.4) is 0 Å². The molecule has 3 aliphatic rings. The van der Waals surface area contributed by atoms with Gasteiger partial charge in [0.25, 0.3) is 0 Å². The van der Waals surface area contributed by atoms with E-state index < -0.39 is 0 Å². The molecule has 23 heavy (non-hydrogen) atoms. The van der Waals surface area contributed by atoms with Crippen molar-refractivity contribution in [1.29, 1.82) is 0 Å². The third kappa shape index (κ3) is 2.32. The van der Waals surface area contributed by atoms with E-state index in [1.165, 1.54) is 6.92 Å². The van der Waals surface area contributed by atoms with Gasteiger partial charge >= 0.3 is 11.9 Å². The number of fused-ring (bicyclic) bond motifs is 2. The fourth-order valence-corrected chi connectivity index (χ4v) is 6.38. The first-order valence-corrected chi connectivity index (χ1v) is 9.01. The Morgan fingerprint density at radius 1 is 1.22 bits per heavy atom. The van der Waals surface area contributed by atoms with Gasteiger partial charge in [-0.05, 0) is 31.1 Å². The Bertz CT molecular complexity index is 525. The van der Waals surface area contributed by atoms with Gasteiger partial charge in [0, 0.05) is 30.6 Å². The SMILES string of the molecule is CC(=O)O[C@@H]1C[C@@H](C)[C@@]2(CCC(=O)O2)[C@@]2(C)CCCC(C)(C)[C@H]12. The summed E-state index contributed by atoms with van der Waals surface area (Å²) in [6.07, 6.45) is 5.34. The molecular weight excluding hydrogens is 292 g/mol. The number of ether oxygens (including phenoxy) is 2. The lowest BCUT2D eigenvalue weighted by Gasteiger charge is -2.64. The third-order valence-electron chi connectivity index (χ3n) is 7.08. The summed E-state index contributed by atoms with van der Waals surface area (Å²) in [5.74, 6) is 0.180. The summed E-state index contributed by atoms with van der Waals surface area (Å²) >= 11 is 0. The highest BCUT2D eigenvalue weighted by atomic mass is 16.6. The van der Waals surface area contributed by atoms with Gasteiger partial charge in [0.1, 0.15) is 11.7 Å². The van der Waals surface area contributed by atoms with E-state index in [0.29, 0.717) is 6.42 Å². The van der Waals surface area contributed by atoms with E-state index >= 15 is 0 Å². The van der Waals surface area contributed by atoms with E-state index in [1.807, 2.05) is 0 Å². The molecule has 0 bridgehead atoms. The Labute approximate surface area is 139 Å². The number of carbonyl (C=O) groups is 2. The first-order chi connectivity index (χ1) is 10.6. The van der Waals surface area contributed by atoms with Crippen LogP contribution in [0.5, 0.6) is 0 Å². The molecule has 3 rings (SSSR count). The standard InChI is InChI=1S/C19H30O4/c1-12-11-14(22-13(2)20)16-17(3,4)8-6-9-18(16,5)19(12)10-7-15(21)23-19/h12,14,16H,6-11H2,1-5H3/t12-,14-,16+,18+,19+/m1/s1. The van der Waals surface area contributed by atoms with Crippen LogP contribution < -0.4 is 0 Å². The van der Waals surface area contributed by atoms with Crippen molar-refractivity contribution in [3.63, 3.8) is 0 Å². The topological polar surface area (TPSA) is 52.6 Å². The van der Waals surface area contributed by atoms with Crippen molar-refractivity contribution >= 4 is 11.9 Å². The minimum Gasteiger partial charge on any atom is -0.462 e. The number of hydrogen-bond acceptors (Lipinski definition) is 4. The molecule has 0 aromatic rings. The van der Waals surface area contributed by atoms with Crippen molar-refractivity contribution in [2.24, 2.45) is 22.7 Å². The number of esters is 2. The van der Waals surface area contributed by atoms with Gasteiger partial charge in [-0.15, -0.1) is 0 Å². The second-order valence-corrected chi connectivity index (χ2v) is 8.89. The smallest absolute Gasteiger partial charge is 0.306 e. The summed E-state index contributed by atoms with van der Waals surface area (Å²) in [5.41, 5.74) is -0.433. The van der Waals surface area contributed by atoms with E-state index in [9.17, 15) is 9.59 Å². The molecule has 0 radical (unpaired) electrons. The maximum atomic E-state index is 12.0. The Balaban J connectivity index is 2.07. The fourth-order valence-electron chi connectivity index (χ4n) is 6.38. The molecule has 1 saturated heterocycles. The summed E-state index contributed by atoms with van der Waals surface area (Å²) in [7, 11) is 0. The lowest BCUT2D eigenvalue weighted by atomic mass is 9.43. The molecule has 2 saturated carbocycles. The molecule has 130 valence electrons. The molecule has 2 aliphatic carbocycles. The van der Waals surface area contributed by atoms with Crippen LogP contribution in [0.25, 0.3) is 0 Å². The number of hydrogen-bond donors (Lipinski definition) is 0. The second kappa shape index (κ2) is 5.22. The zero-order chi connectivity index (χ0) is 17.0. The lowest BCUT2D eigenvalue weighted by molar-refractivity contribution is -0.247. The van der Waals surface area contributed by atoms with E-state index in [-0.39, 0.29) is 46.3 Å². The molecule has 5 atom stereocenters. The Morgan fingerprint density at radius 2 is 1.91 bits per heavy atom. The van der Waals surface area contributed by atoms with E-state index in [4.69, 9.17) is 9.47 Å². The highest BCUT2D eigenvalue weighted by Gasteiger charge is 2.68. The van der Waals surface area contributed by atoms with Gasteiger partial charge < -0.3 is 9.47 Å². The van der Waals surface area contributed by atoms with Gasteiger partial charge in [0.05, 0.1) is 0 Å². The Hall–Kier alpha value is -1.06. The molecule has 0 aromatic heterocycles. The van der Waals surface area contributed by atoms with Crippen LogP contribution in [0.15, 0.2) is 0 Å². The maximum Gasteiger partial charge on any atom is 0.306 e. The maximum absolute atomic E-state index is 12.0. The molecule has 0 aromatic carbocycles. The van der Waals surface area contributed by atoms with Crippen molar-refractivity contribution in [3.05, 3.63) is 0 Å². The molecule has 4 heteroatoms. The van der Waals surface area contributed by atoms with Crippen LogP contribution in [0, 0.1) is 22.7 Å². The molecule has 0 N–H and O–H groups in total. The van der Waals surface area contributed by atoms with Gasteiger partial charge in [-0.25, -0.2) is 0 Å².